The van der Waals surface area contributed by atoms with Crippen LogP contribution in [-0.4, -0.2) is 27.4 Å². The zero-order chi connectivity index (χ0) is 22.9. The SMILES string of the molecule is CCC(CC(CC)(c1ccccc1)c1ccccc1)C(COC)(COC)C1CCCCC1. The zero-order valence-electron chi connectivity index (χ0n) is 20.8. The number of hydrogen-bond acceptors (Lipinski definition) is 2. The lowest BCUT2D eigenvalue weighted by atomic mass is 9.56. The van der Waals surface area contributed by atoms with Crippen molar-refractivity contribution in [2.45, 2.75) is 70.6 Å². The van der Waals surface area contributed by atoms with Crippen LogP contribution in [0.25, 0.3) is 0 Å². The molecule has 1 fully saturated rings. The fourth-order valence-corrected chi connectivity index (χ4v) is 6.71. The van der Waals surface area contributed by atoms with Crippen molar-refractivity contribution < 1.29 is 9.47 Å². The van der Waals surface area contributed by atoms with Crippen LogP contribution in [0.1, 0.15) is 76.3 Å². The van der Waals surface area contributed by atoms with Crippen molar-refractivity contribution in [3.05, 3.63) is 71.8 Å². The maximum absolute atomic E-state index is 5.98. The van der Waals surface area contributed by atoms with E-state index >= 15 is 0 Å². The van der Waals surface area contributed by atoms with Crippen molar-refractivity contribution in [1.29, 1.82) is 0 Å². The Balaban J connectivity index is 2.10. The summed E-state index contributed by atoms with van der Waals surface area (Å²) < 4.78 is 12.0. The average Bonchev–Trinajstić information content (AvgIpc) is 2.86. The van der Waals surface area contributed by atoms with E-state index in [1.165, 1.54) is 43.2 Å². The summed E-state index contributed by atoms with van der Waals surface area (Å²) in [5.74, 6) is 1.19. The minimum Gasteiger partial charge on any atom is -0.384 e. The van der Waals surface area contributed by atoms with Crippen LogP contribution in [0.3, 0.4) is 0 Å². The molecule has 3 rings (SSSR count). The Morgan fingerprint density at radius 3 is 1.69 bits per heavy atom. The first kappa shape index (κ1) is 25.0. The van der Waals surface area contributed by atoms with Gasteiger partial charge in [0.2, 0.25) is 0 Å². The van der Waals surface area contributed by atoms with E-state index in [0.29, 0.717) is 11.8 Å². The molecule has 2 heteroatoms. The van der Waals surface area contributed by atoms with Crippen LogP contribution < -0.4 is 0 Å². The summed E-state index contributed by atoms with van der Waals surface area (Å²) in [6.45, 7) is 6.31. The van der Waals surface area contributed by atoms with Crippen molar-refractivity contribution in [2.75, 3.05) is 27.4 Å². The second-order valence-corrected chi connectivity index (χ2v) is 9.91. The lowest BCUT2D eigenvalue weighted by Crippen LogP contribution is -2.48. The molecule has 2 aromatic carbocycles. The molecule has 0 aromatic heterocycles. The van der Waals surface area contributed by atoms with Gasteiger partial charge in [-0.3, -0.25) is 0 Å². The smallest absolute Gasteiger partial charge is 0.0546 e. The zero-order valence-corrected chi connectivity index (χ0v) is 20.8. The van der Waals surface area contributed by atoms with E-state index in [-0.39, 0.29) is 10.8 Å². The number of hydrogen-bond donors (Lipinski definition) is 0. The molecule has 1 atom stereocenters. The van der Waals surface area contributed by atoms with Gasteiger partial charge in [0.25, 0.3) is 0 Å². The van der Waals surface area contributed by atoms with Crippen LogP contribution in [0, 0.1) is 17.3 Å². The third-order valence-electron chi connectivity index (χ3n) is 8.40. The topological polar surface area (TPSA) is 18.5 Å². The number of rotatable bonds is 12. The summed E-state index contributed by atoms with van der Waals surface area (Å²) in [7, 11) is 3.75. The first-order chi connectivity index (χ1) is 15.7. The van der Waals surface area contributed by atoms with Crippen molar-refractivity contribution in [3.8, 4) is 0 Å². The van der Waals surface area contributed by atoms with E-state index in [1.807, 2.05) is 14.2 Å². The van der Waals surface area contributed by atoms with E-state index in [0.717, 1.165) is 32.5 Å². The van der Waals surface area contributed by atoms with E-state index < -0.39 is 0 Å². The first-order valence-electron chi connectivity index (χ1n) is 12.8. The molecule has 1 saturated carbocycles. The molecule has 0 bridgehead atoms. The maximum Gasteiger partial charge on any atom is 0.0546 e. The summed E-state index contributed by atoms with van der Waals surface area (Å²) in [5.41, 5.74) is 2.91. The predicted octanol–water partition coefficient (Wildman–Crippen LogP) is 7.66. The monoisotopic (exact) mass is 436 g/mol. The van der Waals surface area contributed by atoms with Crippen LogP contribution >= 0.6 is 0 Å². The molecular formula is C30H44O2. The maximum atomic E-state index is 5.98. The van der Waals surface area contributed by atoms with Crippen LogP contribution in [0.2, 0.25) is 0 Å². The molecule has 1 unspecified atom stereocenters. The van der Waals surface area contributed by atoms with Crippen molar-refractivity contribution >= 4 is 0 Å². The van der Waals surface area contributed by atoms with Crippen LogP contribution in [0.15, 0.2) is 60.7 Å². The Hall–Kier alpha value is -1.64. The van der Waals surface area contributed by atoms with Crippen molar-refractivity contribution in [1.82, 2.24) is 0 Å². The Kier molecular flexibility index (Phi) is 9.37. The summed E-state index contributed by atoms with van der Waals surface area (Å²) in [4.78, 5) is 0. The van der Waals surface area contributed by atoms with Crippen LogP contribution in [0.4, 0.5) is 0 Å². The highest BCUT2D eigenvalue weighted by molar-refractivity contribution is 5.39. The summed E-state index contributed by atoms with van der Waals surface area (Å²) in [6, 6.07) is 22.4. The molecule has 0 heterocycles. The highest BCUT2D eigenvalue weighted by Gasteiger charge is 2.48. The lowest BCUT2D eigenvalue weighted by Gasteiger charge is -2.50. The fourth-order valence-electron chi connectivity index (χ4n) is 6.71. The lowest BCUT2D eigenvalue weighted by molar-refractivity contribution is -0.0873. The van der Waals surface area contributed by atoms with Gasteiger partial charge in [0, 0.05) is 25.0 Å². The van der Waals surface area contributed by atoms with Gasteiger partial charge >= 0.3 is 0 Å². The van der Waals surface area contributed by atoms with Crippen LogP contribution in [0.5, 0.6) is 0 Å². The van der Waals surface area contributed by atoms with Gasteiger partial charge in [-0.25, -0.2) is 0 Å². The fraction of sp³-hybridized carbons (Fsp3) is 0.600. The quantitative estimate of drug-likeness (QED) is 0.340. The Bertz CT molecular complexity index is 718. The van der Waals surface area contributed by atoms with Gasteiger partial charge in [-0.1, -0.05) is 100 Å². The highest BCUT2D eigenvalue weighted by Crippen LogP contribution is 2.52. The molecule has 32 heavy (non-hydrogen) atoms. The van der Waals surface area contributed by atoms with Gasteiger partial charge in [-0.05, 0) is 48.6 Å². The normalized spacial score (nSPS) is 16.8. The van der Waals surface area contributed by atoms with E-state index in [1.54, 1.807) is 0 Å². The molecule has 0 saturated heterocycles. The van der Waals surface area contributed by atoms with Gasteiger partial charge in [0.05, 0.1) is 13.2 Å². The third-order valence-corrected chi connectivity index (χ3v) is 8.40. The van der Waals surface area contributed by atoms with Crippen LogP contribution in [-0.2, 0) is 14.9 Å². The van der Waals surface area contributed by atoms with Crippen molar-refractivity contribution in [2.24, 2.45) is 17.3 Å². The highest BCUT2D eigenvalue weighted by atomic mass is 16.5. The molecule has 0 radical (unpaired) electrons. The summed E-state index contributed by atoms with van der Waals surface area (Å²) in [5, 5.41) is 0. The van der Waals surface area contributed by atoms with Gasteiger partial charge in [-0.15, -0.1) is 0 Å². The molecule has 0 amide bonds. The standard InChI is InChI=1S/C30H44O2/c1-5-25(30(23-31-3,24-32-4)28-20-14-9-15-21-28)22-29(6-2,26-16-10-7-11-17-26)27-18-12-8-13-19-27/h7-8,10-13,16-19,25,28H,5-6,9,14-15,20-24H2,1-4H3. The summed E-state index contributed by atoms with van der Waals surface area (Å²) >= 11 is 0. The van der Waals surface area contributed by atoms with E-state index in [2.05, 4.69) is 74.5 Å². The van der Waals surface area contributed by atoms with E-state index in [4.69, 9.17) is 9.47 Å². The average molecular weight is 437 g/mol. The molecular weight excluding hydrogens is 392 g/mol. The third kappa shape index (κ3) is 5.13. The van der Waals surface area contributed by atoms with Gasteiger partial charge < -0.3 is 9.47 Å². The van der Waals surface area contributed by atoms with Gasteiger partial charge in [0.15, 0.2) is 0 Å². The minimum absolute atomic E-state index is 0.00933. The summed E-state index contributed by atoms with van der Waals surface area (Å²) in [6.07, 6.45) is 10.0. The molecule has 1 aliphatic rings. The molecule has 0 N–H and O–H groups in total. The Labute approximate surface area is 196 Å². The number of benzene rings is 2. The number of ether oxygens (including phenoxy) is 2. The molecule has 0 aliphatic heterocycles. The minimum atomic E-state index is -0.00933. The predicted molar refractivity (Wildman–Crippen MR) is 135 cm³/mol. The van der Waals surface area contributed by atoms with Gasteiger partial charge in [-0.2, -0.15) is 0 Å². The van der Waals surface area contributed by atoms with Crippen molar-refractivity contribution in [3.63, 3.8) is 0 Å². The molecule has 2 nitrogen and oxygen atoms in total. The largest absolute Gasteiger partial charge is 0.384 e. The second-order valence-electron chi connectivity index (χ2n) is 9.91. The van der Waals surface area contributed by atoms with Gasteiger partial charge in [0.1, 0.15) is 0 Å². The Morgan fingerprint density at radius 2 is 1.28 bits per heavy atom. The Morgan fingerprint density at radius 1 is 0.781 bits per heavy atom. The van der Waals surface area contributed by atoms with E-state index in [9.17, 15) is 0 Å². The molecule has 176 valence electrons. The number of methoxy groups -OCH3 is 2. The first-order valence-corrected chi connectivity index (χ1v) is 12.8. The molecule has 1 aliphatic carbocycles. The molecule has 2 aromatic rings. The molecule has 0 spiro atoms. The second kappa shape index (κ2) is 12.0.